The van der Waals surface area contributed by atoms with Crippen molar-refractivity contribution in [3.05, 3.63) is 42.4 Å². The van der Waals surface area contributed by atoms with E-state index in [4.69, 9.17) is 5.73 Å². The van der Waals surface area contributed by atoms with Gasteiger partial charge in [0.15, 0.2) is 5.82 Å². The Kier molecular flexibility index (Phi) is 4.19. The van der Waals surface area contributed by atoms with Gasteiger partial charge in [-0.25, -0.2) is 14.4 Å². The molecule has 20 heavy (non-hydrogen) atoms. The molecule has 0 bridgehead atoms. The van der Waals surface area contributed by atoms with Gasteiger partial charge in [0.1, 0.15) is 18.0 Å². The van der Waals surface area contributed by atoms with E-state index >= 15 is 0 Å². The second-order valence-electron chi connectivity index (χ2n) is 4.47. The maximum absolute atomic E-state index is 13.2. The monoisotopic (exact) mass is 274 g/mol. The highest BCUT2D eigenvalue weighted by atomic mass is 19.1. The van der Waals surface area contributed by atoms with E-state index in [1.54, 1.807) is 6.20 Å². The van der Waals surface area contributed by atoms with Crippen LogP contribution in [0, 0.1) is 5.82 Å². The summed E-state index contributed by atoms with van der Waals surface area (Å²) in [4.78, 5) is 12.1. The standard InChI is InChI=1S/C13H15FN6/c1-8(2)11-6-18-19-7-17-13(20-12(11)15)9-3-10(14)5-16-4-9/h3-8,18H,1-2H3,(H2,15,17,19,20). The fourth-order valence-corrected chi connectivity index (χ4v) is 1.64. The summed E-state index contributed by atoms with van der Waals surface area (Å²) in [5.74, 6) is 0.259. The fourth-order valence-electron chi connectivity index (χ4n) is 1.64. The molecule has 0 amide bonds. The minimum Gasteiger partial charge on any atom is -0.383 e. The van der Waals surface area contributed by atoms with Crippen molar-refractivity contribution in [1.29, 1.82) is 0 Å². The van der Waals surface area contributed by atoms with E-state index in [2.05, 4.69) is 25.1 Å². The highest BCUT2D eigenvalue weighted by molar-refractivity contribution is 5.54. The number of hydrogen-bond acceptors (Lipinski definition) is 5. The van der Waals surface area contributed by atoms with E-state index in [1.165, 1.54) is 18.6 Å². The lowest BCUT2D eigenvalue weighted by Gasteiger charge is -2.05. The molecular formula is C13H15FN6. The number of rotatable bonds is 2. The van der Waals surface area contributed by atoms with Crippen molar-refractivity contribution in [2.45, 2.75) is 19.8 Å². The third kappa shape index (κ3) is 3.25. The SMILES string of the molecule is CC(C)c1c[nH]ncnc(-c2cncc(F)c2)nc1N. The molecule has 3 N–H and O–H groups in total. The predicted molar refractivity (Wildman–Crippen MR) is 73.5 cm³/mol. The Morgan fingerprint density at radius 1 is 1.30 bits per heavy atom. The average molecular weight is 274 g/mol. The van der Waals surface area contributed by atoms with Crippen LogP contribution in [0.15, 0.2) is 31.0 Å². The van der Waals surface area contributed by atoms with Gasteiger partial charge in [0.25, 0.3) is 0 Å². The van der Waals surface area contributed by atoms with E-state index in [0.29, 0.717) is 11.4 Å². The summed E-state index contributed by atoms with van der Waals surface area (Å²) in [6, 6.07) is 1.29. The number of hydrogen-bond donors (Lipinski definition) is 2. The molecule has 2 heterocycles. The van der Waals surface area contributed by atoms with Gasteiger partial charge in [-0.1, -0.05) is 13.8 Å². The Bertz CT molecular complexity index is 651. The van der Waals surface area contributed by atoms with E-state index in [1.807, 2.05) is 13.8 Å². The molecule has 7 heteroatoms. The molecule has 2 rings (SSSR count). The molecule has 0 aliphatic carbocycles. The third-order valence-electron chi connectivity index (χ3n) is 2.64. The number of nitrogens with two attached hydrogens (primary N) is 1. The number of halogens is 1. The zero-order valence-corrected chi connectivity index (χ0v) is 11.2. The van der Waals surface area contributed by atoms with Gasteiger partial charge in [-0.3, -0.25) is 10.1 Å². The molecule has 0 unspecified atom stereocenters. The number of anilines is 1. The summed E-state index contributed by atoms with van der Waals surface area (Å²) >= 11 is 0. The molecule has 2 aromatic rings. The molecule has 2 aromatic heterocycles. The summed E-state index contributed by atoms with van der Waals surface area (Å²) in [6.07, 6.45) is 5.54. The first kappa shape index (κ1) is 13.9. The van der Waals surface area contributed by atoms with Crippen molar-refractivity contribution in [2.75, 3.05) is 5.73 Å². The smallest absolute Gasteiger partial charge is 0.164 e. The molecule has 0 spiro atoms. The van der Waals surface area contributed by atoms with E-state index in [-0.39, 0.29) is 11.7 Å². The maximum atomic E-state index is 13.2. The second kappa shape index (κ2) is 6.05. The Morgan fingerprint density at radius 2 is 2.10 bits per heavy atom. The number of aromatic amines is 1. The molecule has 104 valence electrons. The Labute approximate surface area is 115 Å². The third-order valence-corrected chi connectivity index (χ3v) is 2.64. The molecule has 0 fully saturated rings. The van der Waals surface area contributed by atoms with Crippen molar-refractivity contribution >= 4 is 5.82 Å². The molecule has 0 atom stereocenters. The molecular weight excluding hydrogens is 259 g/mol. The minimum atomic E-state index is -0.464. The molecule has 0 saturated heterocycles. The highest BCUT2D eigenvalue weighted by Gasteiger charge is 2.06. The van der Waals surface area contributed by atoms with Crippen molar-refractivity contribution < 1.29 is 4.39 Å². The first-order valence-electron chi connectivity index (χ1n) is 6.08. The van der Waals surface area contributed by atoms with Gasteiger partial charge < -0.3 is 5.73 Å². The van der Waals surface area contributed by atoms with Crippen LogP contribution in [0.25, 0.3) is 11.4 Å². The van der Waals surface area contributed by atoms with Crippen LogP contribution in [0.5, 0.6) is 0 Å². The Hall–Kier alpha value is -2.57. The van der Waals surface area contributed by atoms with Gasteiger partial charge in [-0.2, -0.15) is 5.10 Å². The van der Waals surface area contributed by atoms with Crippen LogP contribution >= 0.6 is 0 Å². The lowest BCUT2D eigenvalue weighted by Crippen LogP contribution is -1.99. The van der Waals surface area contributed by atoms with Crippen LogP contribution in [0.2, 0.25) is 0 Å². The number of nitrogens with one attached hydrogen (secondary N) is 1. The van der Waals surface area contributed by atoms with Crippen LogP contribution in [0.4, 0.5) is 10.2 Å². The molecule has 0 saturated carbocycles. The van der Waals surface area contributed by atoms with Crippen LogP contribution in [-0.4, -0.2) is 25.1 Å². The van der Waals surface area contributed by atoms with Crippen LogP contribution in [-0.2, 0) is 0 Å². The zero-order valence-electron chi connectivity index (χ0n) is 11.2. The van der Waals surface area contributed by atoms with Crippen LogP contribution in [0.1, 0.15) is 25.3 Å². The number of aromatic nitrogens is 5. The van der Waals surface area contributed by atoms with Crippen molar-refractivity contribution in [2.24, 2.45) is 0 Å². The summed E-state index contributed by atoms with van der Waals surface area (Å²) in [5.41, 5.74) is 7.20. The van der Waals surface area contributed by atoms with Crippen molar-refractivity contribution in [3.8, 4) is 11.4 Å². The lowest BCUT2D eigenvalue weighted by molar-refractivity contribution is 0.622. The topological polar surface area (TPSA) is 93.4 Å². The molecule has 0 aromatic carbocycles. The first-order valence-corrected chi connectivity index (χ1v) is 6.08. The van der Waals surface area contributed by atoms with E-state index < -0.39 is 5.82 Å². The summed E-state index contributed by atoms with van der Waals surface area (Å²) in [5, 5.41) is 6.60. The highest BCUT2D eigenvalue weighted by Crippen LogP contribution is 2.19. The summed E-state index contributed by atoms with van der Waals surface area (Å²) < 4.78 is 13.2. The quantitative estimate of drug-likeness (QED) is 0.875. The van der Waals surface area contributed by atoms with E-state index in [9.17, 15) is 4.39 Å². The molecule has 0 radical (unpaired) electrons. The van der Waals surface area contributed by atoms with E-state index in [0.717, 1.165) is 11.8 Å². The molecule has 0 aliphatic heterocycles. The minimum absolute atomic E-state index is 0.159. The number of nitrogen functional groups attached to an aromatic ring is 1. The fraction of sp³-hybridized carbons (Fsp3) is 0.231. The van der Waals surface area contributed by atoms with Gasteiger partial charge in [0.2, 0.25) is 0 Å². The number of pyridine rings is 1. The second-order valence-corrected chi connectivity index (χ2v) is 4.47. The van der Waals surface area contributed by atoms with Gasteiger partial charge in [-0.15, -0.1) is 0 Å². The Balaban J connectivity index is 2.66. The van der Waals surface area contributed by atoms with Gasteiger partial charge >= 0.3 is 0 Å². The summed E-state index contributed by atoms with van der Waals surface area (Å²) in [6.45, 7) is 3.97. The normalized spacial score (nSPS) is 10.4. The number of nitrogens with zero attached hydrogens (tertiary/aromatic N) is 4. The van der Waals surface area contributed by atoms with Crippen LogP contribution in [0.3, 0.4) is 0 Å². The van der Waals surface area contributed by atoms with Crippen LogP contribution < -0.4 is 5.73 Å². The largest absolute Gasteiger partial charge is 0.383 e. The van der Waals surface area contributed by atoms with Gasteiger partial charge in [0, 0.05) is 23.5 Å². The van der Waals surface area contributed by atoms with Gasteiger partial charge in [0.05, 0.1) is 6.20 Å². The average Bonchev–Trinajstić information content (AvgIpc) is 2.49. The lowest BCUT2D eigenvalue weighted by atomic mass is 10.1. The van der Waals surface area contributed by atoms with Crippen molar-refractivity contribution in [3.63, 3.8) is 0 Å². The summed E-state index contributed by atoms with van der Waals surface area (Å²) in [7, 11) is 0. The number of H-pyrrole nitrogens is 1. The first-order chi connectivity index (χ1) is 9.58. The maximum Gasteiger partial charge on any atom is 0.164 e. The predicted octanol–water partition coefficient (Wildman–Crippen LogP) is 2.23. The molecule has 0 aliphatic rings. The zero-order chi connectivity index (χ0) is 14.5. The Morgan fingerprint density at radius 3 is 2.80 bits per heavy atom. The molecule has 6 nitrogen and oxygen atoms in total. The van der Waals surface area contributed by atoms with Gasteiger partial charge in [-0.05, 0) is 12.0 Å². The van der Waals surface area contributed by atoms with Crippen molar-refractivity contribution in [1.82, 2.24) is 25.1 Å².